The number of hydrogen-bond donors (Lipinski definition) is 0. The third-order valence-electron chi connectivity index (χ3n) is 2.60. The van der Waals surface area contributed by atoms with E-state index in [1.807, 2.05) is 26.8 Å². The van der Waals surface area contributed by atoms with Crippen LogP contribution in [0.4, 0.5) is 4.79 Å². The second-order valence-electron chi connectivity index (χ2n) is 5.32. The molecular formula is C14H16N2O2. The number of terminal acetylenes is 1. The average molecular weight is 244 g/mol. The van der Waals surface area contributed by atoms with Gasteiger partial charge in [0.1, 0.15) is 11.3 Å². The monoisotopic (exact) mass is 244 g/mol. The van der Waals surface area contributed by atoms with Crippen LogP contribution in [0, 0.1) is 12.3 Å². The largest absolute Gasteiger partial charge is 0.444 e. The van der Waals surface area contributed by atoms with Crippen LogP contribution in [0.1, 0.15) is 37.6 Å². The molecule has 1 aromatic rings. The highest BCUT2D eigenvalue weighted by Crippen LogP contribution is 2.24. The number of nitrogens with zero attached hydrogens (tertiary/aromatic N) is 2. The number of carbonyl (C=O) groups is 1. The molecule has 0 spiro atoms. The summed E-state index contributed by atoms with van der Waals surface area (Å²) in [5.74, 6) is 2.49. The van der Waals surface area contributed by atoms with Crippen LogP contribution in [0.5, 0.6) is 0 Å². The zero-order valence-corrected chi connectivity index (χ0v) is 10.9. The fourth-order valence-corrected chi connectivity index (χ4v) is 1.82. The van der Waals surface area contributed by atoms with Gasteiger partial charge in [-0.1, -0.05) is 5.92 Å². The fraction of sp³-hybridized carbons (Fsp3) is 0.429. The van der Waals surface area contributed by atoms with E-state index in [1.165, 1.54) is 0 Å². The zero-order valence-electron chi connectivity index (χ0n) is 10.9. The molecule has 18 heavy (non-hydrogen) atoms. The molecule has 1 aliphatic heterocycles. The molecule has 1 aromatic heterocycles. The molecule has 94 valence electrons. The van der Waals surface area contributed by atoms with Crippen molar-refractivity contribution in [2.45, 2.75) is 39.5 Å². The van der Waals surface area contributed by atoms with Crippen molar-refractivity contribution in [1.82, 2.24) is 9.88 Å². The average Bonchev–Trinajstić information content (AvgIpc) is 2.69. The van der Waals surface area contributed by atoms with Gasteiger partial charge in [0.15, 0.2) is 0 Å². The van der Waals surface area contributed by atoms with Crippen molar-refractivity contribution in [3.8, 4) is 12.3 Å². The van der Waals surface area contributed by atoms with Gasteiger partial charge < -0.3 is 4.74 Å². The number of rotatable bonds is 0. The van der Waals surface area contributed by atoms with E-state index in [1.54, 1.807) is 11.1 Å². The van der Waals surface area contributed by atoms with Crippen LogP contribution in [0.15, 0.2) is 12.3 Å². The van der Waals surface area contributed by atoms with Gasteiger partial charge in [-0.25, -0.2) is 9.78 Å². The van der Waals surface area contributed by atoms with Gasteiger partial charge in [0, 0.05) is 12.7 Å². The molecule has 1 aliphatic rings. The molecule has 0 atom stereocenters. The van der Waals surface area contributed by atoms with Gasteiger partial charge in [-0.15, -0.1) is 6.42 Å². The van der Waals surface area contributed by atoms with Crippen molar-refractivity contribution >= 4 is 6.09 Å². The van der Waals surface area contributed by atoms with Gasteiger partial charge in [-0.05, 0) is 38.0 Å². The number of hydrogen-bond acceptors (Lipinski definition) is 3. The summed E-state index contributed by atoms with van der Waals surface area (Å²) in [6.07, 6.45) is 6.73. The van der Waals surface area contributed by atoms with Crippen molar-refractivity contribution in [3.05, 3.63) is 29.1 Å². The minimum atomic E-state index is -0.478. The van der Waals surface area contributed by atoms with E-state index >= 15 is 0 Å². The number of carbonyl (C=O) groups excluding carboxylic acids is 1. The maximum Gasteiger partial charge on any atom is 0.410 e. The van der Waals surface area contributed by atoms with E-state index in [0.29, 0.717) is 18.8 Å². The SMILES string of the molecule is C#Cc1cc2c(cn1)CN(C(=O)OC(C)(C)C)C2. The summed E-state index contributed by atoms with van der Waals surface area (Å²) in [6, 6.07) is 1.85. The molecule has 0 fully saturated rings. The molecule has 0 bridgehead atoms. The Labute approximate surface area is 107 Å². The van der Waals surface area contributed by atoms with E-state index in [4.69, 9.17) is 11.2 Å². The lowest BCUT2D eigenvalue weighted by atomic mass is 10.1. The van der Waals surface area contributed by atoms with Crippen molar-refractivity contribution in [2.75, 3.05) is 0 Å². The topological polar surface area (TPSA) is 42.4 Å². The molecule has 2 rings (SSSR count). The predicted molar refractivity (Wildman–Crippen MR) is 67.7 cm³/mol. The second-order valence-corrected chi connectivity index (χ2v) is 5.32. The minimum Gasteiger partial charge on any atom is -0.444 e. The first-order valence-electron chi connectivity index (χ1n) is 5.81. The summed E-state index contributed by atoms with van der Waals surface area (Å²) in [5, 5.41) is 0. The Balaban J connectivity index is 2.11. The summed E-state index contributed by atoms with van der Waals surface area (Å²) in [4.78, 5) is 17.7. The van der Waals surface area contributed by atoms with E-state index in [2.05, 4.69) is 10.9 Å². The second kappa shape index (κ2) is 4.34. The smallest absolute Gasteiger partial charge is 0.410 e. The summed E-state index contributed by atoms with van der Waals surface area (Å²) < 4.78 is 5.34. The first-order valence-corrected chi connectivity index (χ1v) is 5.81. The highest BCUT2D eigenvalue weighted by Gasteiger charge is 2.27. The maximum atomic E-state index is 11.9. The van der Waals surface area contributed by atoms with Crippen LogP contribution >= 0.6 is 0 Å². The number of pyridine rings is 1. The molecular weight excluding hydrogens is 228 g/mol. The van der Waals surface area contributed by atoms with Crippen LogP contribution in [0.25, 0.3) is 0 Å². The quantitative estimate of drug-likeness (QED) is 0.658. The zero-order chi connectivity index (χ0) is 13.3. The molecule has 0 saturated heterocycles. The molecule has 0 saturated carbocycles. The summed E-state index contributed by atoms with van der Waals surface area (Å²) in [6.45, 7) is 6.62. The Morgan fingerprint density at radius 3 is 2.72 bits per heavy atom. The molecule has 2 heterocycles. The molecule has 1 amide bonds. The molecule has 0 N–H and O–H groups in total. The first kappa shape index (κ1) is 12.4. The summed E-state index contributed by atoms with van der Waals surface area (Å²) >= 11 is 0. The van der Waals surface area contributed by atoms with Crippen LogP contribution in [-0.4, -0.2) is 21.6 Å². The van der Waals surface area contributed by atoms with Crippen LogP contribution < -0.4 is 0 Å². The Hall–Kier alpha value is -2.02. The van der Waals surface area contributed by atoms with Gasteiger partial charge in [0.2, 0.25) is 0 Å². The minimum absolute atomic E-state index is 0.305. The summed E-state index contributed by atoms with van der Waals surface area (Å²) in [7, 11) is 0. The first-order chi connectivity index (χ1) is 8.39. The lowest BCUT2D eigenvalue weighted by Crippen LogP contribution is -2.33. The van der Waals surface area contributed by atoms with Crippen LogP contribution in [-0.2, 0) is 17.8 Å². The number of ether oxygens (including phenoxy) is 1. The van der Waals surface area contributed by atoms with Gasteiger partial charge in [0.25, 0.3) is 0 Å². The van der Waals surface area contributed by atoms with E-state index in [0.717, 1.165) is 11.1 Å². The third kappa shape index (κ3) is 2.62. The lowest BCUT2D eigenvalue weighted by molar-refractivity contribution is 0.0242. The molecule has 0 aromatic carbocycles. The Morgan fingerprint density at radius 2 is 2.11 bits per heavy atom. The van der Waals surface area contributed by atoms with E-state index < -0.39 is 5.60 Å². The van der Waals surface area contributed by atoms with Crippen molar-refractivity contribution in [3.63, 3.8) is 0 Å². The van der Waals surface area contributed by atoms with Gasteiger partial charge in [-0.2, -0.15) is 0 Å². The highest BCUT2D eigenvalue weighted by molar-refractivity contribution is 5.69. The van der Waals surface area contributed by atoms with Gasteiger partial charge in [0.05, 0.1) is 6.54 Å². The van der Waals surface area contributed by atoms with Crippen molar-refractivity contribution in [1.29, 1.82) is 0 Å². The van der Waals surface area contributed by atoms with Gasteiger partial charge >= 0.3 is 6.09 Å². The van der Waals surface area contributed by atoms with E-state index in [-0.39, 0.29) is 6.09 Å². The molecule has 4 nitrogen and oxygen atoms in total. The Kier molecular flexibility index (Phi) is 3.00. The Morgan fingerprint density at radius 1 is 1.44 bits per heavy atom. The molecule has 0 radical (unpaired) electrons. The van der Waals surface area contributed by atoms with Gasteiger partial charge in [-0.3, -0.25) is 4.90 Å². The number of fused-ring (bicyclic) bond motifs is 1. The standard InChI is InChI=1S/C14H16N2O2/c1-5-12-6-10-8-16(9-11(10)7-15-12)13(17)18-14(2,3)4/h1,6-7H,8-9H2,2-4H3. The van der Waals surface area contributed by atoms with Crippen LogP contribution in [0.2, 0.25) is 0 Å². The Bertz CT molecular complexity index is 524. The van der Waals surface area contributed by atoms with E-state index in [9.17, 15) is 4.79 Å². The predicted octanol–water partition coefficient (Wildman–Crippen LogP) is 2.31. The van der Waals surface area contributed by atoms with Crippen molar-refractivity contribution in [2.24, 2.45) is 0 Å². The highest BCUT2D eigenvalue weighted by atomic mass is 16.6. The van der Waals surface area contributed by atoms with Crippen LogP contribution in [0.3, 0.4) is 0 Å². The fourth-order valence-electron chi connectivity index (χ4n) is 1.82. The van der Waals surface area contributed by atoms with Crippen molar-refractivity contribution < 1.29 is 9.53 Å². The normalized spacial score (nSPS) is 14.0. The number of aromatic nitrogens is 1. The maximum absolute atomic E-state index is 11.9. The summed E-state index contributed by atoms with van der Waals surface area (Å²) in [5.41, 5.74) is 2.19. The third-order valence-corrected chi connectivity index (χ3v) is 2.60. The molecule has 0 unspecified atom stereocenters. The lowest BCUT2D eigenvalue weighted by Gasteiger charge is -2.24. The molecule has 4 heteroatoms. The number of amides is 1. The molecule has 0 aliphatic carbocycles.